The first kappa shape index (κ1) is 22.3. The van der Waals surface area contributed by atoms with E-state index in [9.17, 15) is 38.9 Å². The molecule has 3 rings (SSSR count). The van der Waals surface area contributed by atoms with Gasteiger partial charge in [-0.25, -0.2) is 4.98 Å². The molecular formula is C14H12N2O10S4. The lowest BCUT2D eigenvalue weighted by molar-refractivity contribution is 0.393. The maximum atomic E-state index is 12.2. The Morgan fingerprint density at radius 2 is 1.57 bits per heavy atom. The lowest BCUT2D eigenvalue weighted by Crippen LogP contribution is -2.13. The van der Waals surface area contributed by atoms with Gasteiger partial charge in [0.15, 0.2) is 4.90 Å². The Labute approximate surface area is 174 Å². The highest BCUT2D eigenvalue weighted by atomic mass is 32.2. The van der Waals surface area contributed by atoms with Gasteiger partial charge in [-0.15, -0.1) is 11.3 Å². The normalized spacial score (nSPS) is 12.9. The summed E-state index contributed by atoms with van der Waals surface area (Å²) in [7, 11) is -14.9. The fourth-order valence-corrected chi connectivity index (χ4v) is 6.52. The van der Waals surface area contributed by atoms with Crippen LogP contribution in [0.3, 0.4) is 0 Å². The first-order valence-electron chi connectivity index (χ1n) is 7.47. The van der Waals surface area contributed by atoms with Gasteiger partial charge < -0.3 is 10.5 Å². The number of hydrogen-bond donors (Lipinski definition) is 4. The SMILES string of the molecule is COc1cc2c(S(=O)(=O)O)cc(N)c(-c3nccs3)c2c(S(=O)(=O)O)c1S(=O)(=O)O. The minimum absolute atomic E-state index is 0.0377. The van der Waals surface area contributed by atoms with Crippen LogP contribution in [0.2, 0.25) is 0 Å². The van der Waals surface area contributed by atoms with Gasteiger partial charge in [0.2, 0.25) is 0 Å². The summed E-state index contributed by atoms with van der Waals surface area (Å²) >= 11 is 0.938. The Morgan fingerprint density at radius 1 is 0.967 bits per heavy atom. The summed E-state index contributed by atoms with van der Waals surface area (Å²) in [5.41, 5.74) is 5.24. The molecule has 1 heterocycles. The van der Waals surface area contributed by atoms with Crippen molar-refractivity contribution in [3.8, 4) is 16.3 Å². The Kier molecular flexibility index (Phi) is 5.30. The second-order valence-corrected chi connectivity index (χ2v) is 10.8. The first-order chi connectivity index (χ1) is 13.7. The molecule has 5 N–H and O–H groups in total. The van der Waals surface area contributed by atoms with Crippen molar-refractivity contribution in [1.82, 2.24) is 4.98 Å². The molecule has 2 aromatic carbocycles. The van der Waals surface area contributed by atoms with Crippen molar-refractivity contribution < 1.29 is 43.6 Å². The standard InChI is InChI=1S/C14H12N2O10S4/c1-26-8-4-6-9(28(17,18)19)5-7(15)11(14-16-2-3-27-14)10(6)13(30(23,24)25)12(8)29(20,21)22/h2-5H,15H2,1H3,(H,17,18,19)(H,20,21,22)(H,23,24,25). The molecule has 0 radical (unpaired) electrons. The number of ether oxygens (including phenoxy) is 1. The zero-order chi connectivity index (χ0) is 22.6. The van der Waals surface area contributed by atoms with Crippen molar-refractivity contribution in [2.24, 2.45) is 0 Å². The molecule has 0 bridgehead atoms. The van der Waals surface area contributed by atoms with E-state index in [-0.39, 0.29) is 10.6 Å². The van der Waals surface area contributed by atoms with Crippen LogP contribution in [0.1, 0.15) is 0 Å². The number of aromatic nitrogens is 1. The number of rotatable bonds is 5. The Morgan fingerprint density at radius 3 is 2.00 bits per heavy atom. The van der Waals surface area contributed by atoms with Gasteiger partial charge in [0.05, 0.1) is 7.11 Å². The third-order valence-electron chi connectivity index (χ3n) is 3.95. The van der Waals surface area contributed by atoms with Crippen LogP contribution >= 0.6 is 11.3 Å². The fraction of sp³-hybridized carbons (Fsp3) is 0.0714. The van der Waals surface area contributed by atoms with Crippen molar-refractivity contribution >= 4 is 58.2 Å². The second kappa shape index (κ2) is 7.12. The van der Waals surface area contributed by atoms with E-state index in [0.717, 1.165) is 30.6 Å². The predicted octanol–water partition coefficient (Wildman–Crippen LogP) is 1.29. The number of anilines is 1. The highest BCUT2D eigenvalue weighted by molar-refractivity contribution is 7.89. The summed E-state index contributed by atoms with van der Waals surface area (Å²) in [4.78, 5) is 0.335. The second-order valence-electron chi connectivity index (χ2n) is 5.76. The number of hydrogen-bond acceptors (Lipinski definition) is 10. The van der Waals surface area contributed by atoms with Crippen molar-refractivity contribution in [2.75, 3.05) is 12.8 Å². The summed E-state index contributed by atoms with van der Waals surface area (Å²) in [5.74, 6) is -0.808. The third-order valence-corrected chi connectivity index (χ3v) is 7.61. The number of nitrogens with two attached hydrogens (primary N) is 1. The minimum atomic E-state index is -5.44. The molecule has 0 spiro atoms. The van der Waals surface area contributed by atoms with Crippen molar-refractivity contribution in [3.63, 3.8) is 0 Å². The minimum Gasteiger partial charge on any atom is -0.495 e. The van der Waals surface area contributed by atoms with E-state index in [1.165, 1.54) is 11.6 Å². The molecule has 0 saturated heterocycles. The van der Waals surface area contributed by atoms with Crippen molar-refractivity contribution in [1.29, 1.82) is 0 Å². The van der Waals surface area contributed by atoms with Crippen LogP contribution in [0.15, 0.2) is 38.4 Å². The average molecular weight is 497 g/mol. The van der Waals surface area contributed by atoms with Crippen molar-refractivity contribution in [2.45, 2.75) is 14.7 Å². The molecule has 0 aliphatic heterocycles. The van der Waals surface area contributed by atoms with E-state index in [2.05, 4.69) is 4.98 Å². The van der Waals surface area contributed by atoms with Crippen LogP contribution in [-0.2, 0) is 30.4 Å². The number of nitrogens with zero attached hydrogens (tertiary/aromatic N) is 1. The number of thiazole rings is 1. The highest BCUT2D eigenvalue weighted by Gasteiger charge is 2.35. The van der Waals surface area contributed by atoms with Crippen molar-refractivity contribution in [3.05, 3.63) is 23.7 Å². The van der Waals surface area contributed by atoms with Crippen LogP contribution in [0, 0.1) is 0 Å². The molecule has 0 atom stereocenters. The van der Waals surface area contributed by atoms with Gasteiger partial charge in [0, 0.05) is 33.6 Å². The van der Waals surface area contributed by atoms with Gasteiger partial charge in [-0.1, -0.05) is 0 Å². The van der Waals surface area contributed by atoms with E-state index in [4.69, 9.17) is 10.5 Å². The van der Waals surface area contributed by atoms with Crippen LogP contribution in [0.5, 0.6) is 5.75 Å². The van der Waals surface area contributed by atoms with E-state index < -0.39 is 67.3 Å². The topological polar surface area (TPSA) is 211 Å². The molecule has 0 saturated carbocycles. The van der Waals surface area contributed by atoms with Crippen LogP contribution in [0.25, 0.3) is 21.3 Å². The molecule has 3 aromatic rings. The zero-order valence-electron chi connectivity index (χ0n) is 14.7. The first-order valence-corrected chi connectivity index (χ1v) is 12.7. The smallest absolute Gasteiger partial charge is 0.299 e. The zero-order valence-corrected chi connectivity index (χ0v) is 17.9. The van der Waals surface area contributed by atoms with Crippen LogP contribution in [-0.4, -0.2) is 51.0 Å². The molecule has 1 aromatic heterocycles. The molecular weight excluding hydrogens is 484 g/mol. The van der Waals surface area contributed by atoms with Gasteiger partial charge in [0.1, 0.15) is 20.5 Å². The molecule has 0 fully saturated rings. The largest absolute Gasteiger partial charge is 0.495 e. The summed E-state index contributed by atoms with van der Waals surface area (Å²) < 4.78 is 106. The molecule has 162 valence electrons. The molecule has 12 nitrogen and oxygen atoms in total. The van der Waals surface area contributed by atoms with E-state index in [1.807, 2.05) is 0 Å². The number of nitrogen functional groups attached to an aromatic ring is 1. The highest BCUT2D eigenvalue weighted by Crippen LogP contribution is 2.46. The Bertz CT molecular complexity index is 1490. The van der Waals surface area contributed by atoms with Gasteiger partial charge >= 0.3 is 0 Å². The van der Waals surface area contributed by atoms with Gasteiger partial charge in [0.25, 0.3) is 30.4 Å². The lowest BCUT2D eigenvalue weighted by Gasteiger charge is -2.18. The predicted molar refractivity (Wildman–Crippen MR) is 105 cm³/mol. The Balaban J connectivity index is 2.86. The summed E-state index contributed by atoms with van der Waals surface area (Å²) in [6.45, 7) is 0. The quantitative estimate of drug-likeness (QED) is 0.291. The third kappa shape index (κ3) is 3.73. The summed E-state index contributed by atoms with van der Waals surface area (Å²) in [6, 6.07) is 1.58. The number of benzene rings is 2. The monoisotopic (exact) mass is 496 g/mol. The summed E-state index contributed by atoms with van der Waals surface area (Å²) in [5, 5.41) is 0.260. The maximum absolute atomic E-state index is 12.2. The average Bonchev–Trinajstić information content (AvgIpc) is 3.10. The molecule has 16 heteroatoms. The van der Waals surface area contributed by atoms with Gasteiger partial charge in [-0.05, 0) is 12.1 Å². The maximum Gasteiger partial charge on any atom is 0.299 e. The molecule has 0 aliphatic carbocycles. The van der Waals surface area contributed by atoms with Crippen LogP contribution in [0.4, 0.5) is 5.69 Å². The molecule has 0 unspecified atom stereocenters. The van der Waals surface area contributed by atoms with Crippen LogP contribution < -0.4 is 10.5 Å². The van der Waals surface area contributed by atoms with E-state index in [0.29, 0.717) is 0 Å². The number of methoxy groups -OCH3 is 1. The van der Waals surface area contributed by atoms with Gasteiger partial charge in [-0.3, -0.25) is 13.7 Å². The van der Waals surface area contributed by atoms with Gasteiger partial charge in [-0.2, -0.15) is 25.3 Å². The summed E-state index contributed by atoms with van der Waals surface area (Å²) in [6.07, 6.45) is 1.31. The molecule has 30 heavy (non-hydrogen) atoms. The molecule has 0 amide bonds. The van der Waals surface area contributed by atoms with E-state index >= 15 is 0 Å². The molecule has 0 aliphatic rings. The number of fused-ring (bicyclic) bond motifs is 1. The fourth-order valence-electron chi connectivity index (χ4n) is 2.93. The lowest BCUT2D eigenvalue weighted by atomic mass is 10.0. The van der Waals surface area contributed by atoms with E-state index in [1.54, 1.807) is 0 Å². The Hall–Kier alpha value is -2.34.